The number of hydrogen-bond acceptors (Lipinski definition) is 6. The summed E-state index contributed by atoms with van der Waals surface area (Å²) < 4.78 is 14.6. The van der Waals surface area contributed by atoms with Crippen molar-refractivity contribution in [1.82, 2.24) is 9.59 Å². The lowest BCUT2D eigenvalue weighted by Gasteiger charge is -2.03. The topological polar surface area (TPSA) is 60.2 Å². The van der Waals surface area contributed by atoms with Crippen molar-refractivity contribution in [2.24, 2.45) is 0 Å². The van der Waals surface area contributed by atoms with E-state index in [1.54, 1.807) is 6.26 Å². The Bertz CT molecular complexity index is 428. The Labute approximate surface area is 104 Å². The van der Waals surface area contributed by atoms with Crippen LogP contribution in [0.1, 0.15) is 24.8 Å². The van der Waals surface area contributed by atoms with Gasteiger partial charge in [-0.1, -0.05) is 11.4 Å². The predicted molar refractivity (Wildman–Crippen MR) is 65.9 cm³/mol. The highest BCUT2D eigenvalue weighted by molar-refractivity contribution is 7.10. The molecule has 0 aromatic carbocycles. The predicted octanol–water partition coefficient (Wildman–Crippen LogP) is 2.67. The van der Waals surface area contributed by atoms with Gasteiger partial charge in [0.05, 0.1) is 12.9 Å². The van der Waals surface area contributed by atoms with E-state index in [0.29, 0.717) is 13.2 Å². The SMILES string of the molecule is CCCNc1snnc1COCc1ccco1. The van der Waals surface area contributed by atoms with Gasteiger partial charge in [0.2, 0.25) is 0 Å². The molecule has 0 fully saturated rings. The van der Waals surface area contributed by atoms with E-state index in [2.05, 4.69) is 21.8 Å². The molecule has 5 nitrogen and oxygen atoms in total. The van der Waals surface area contributed by atoms with Crippen molar-refractivity contribution in [1.29, 1.82) is 0 Å². The second-order valence-electron chi connectivity index (χ2n) is 3.55. The first kappa shape index (κ1) is 12.1. The molecule has 17 heavy (non-hydrogen) atoms. The summed E-state index contributed by atoms with van der Waals surface area (Å²) in [5.74, 6) is 0.816. The zero-order valence-electron chi connectivity index (χ0n) is 9.68. The third kappa shape index (κ3) is 3.54. The maximum Gasteiger partial charge on any atom is 0.135 e. The molecule has 0 spiro atoms. The summed E-state index contributed by atoms with van der Waals surface area (Å²) in [7, 11) is 0. The molecule has 2 aromatic rings. The zero-order chi connectivity index (χ0) is 11.9. The molecule has 0 atom stereocenters. The molecular weight excluding hydrogens is 238 g/mol. The first-order valence-corrected chi connectivity index (χ1v) is 6.32. The molecule has 0 bridgehead atoms. The summed E-state index contributed by atoms with van der Waals surface area (Å²) in [5, 5.41) is 8.31. The normalized spacial score (nSPS) is 10.6. The molecule has 0 aliphatic rings. The van der Waals surface area contributed by atoms with Gasteiger partial charge in [-0.25, -0.2) is 0 Å². The number of nitrogens with one attached hydrogen (secondary N) is 1. The summed E-state index contributed by atoms with van der Waals surface area (Å²) in [6.07, 6.45) is 2.71. The third-order valence-corrected chi connectivity index (χ3v) is 2.88. The van der Waals surface area contributed by atoms with Crippen molar-refractivity contribution >= 4 is 16.5 Å². The summed E-state index contributed by atoms with van der Waals surface area (Å²) in [6.45, 7) is 3.95. The summed E-state index contributed by atoms with van der Waals surface area (Å²) in [4.78, 5) is 0. The van der Waals surface area contributed by atoms with Gasteiger partial charge in [-0.2, -0.15) is 0 Å². The smallest absolute Gasteiger partial charge is 0.135 e. The molecule has 6 heteroatoms. The second kappa shape index (κ2) is 6.36. The van der Waals surface area contributed by atoms with Crippen molar-refractivity contribution in [3.8, 4) is 0 Å². The minimum Gasteiger partial charge on any atom is -0.467 e. The summed E-state index contributed by atoms with van der Waals surface area (Å²) in [6, 6.07) is 3.73. The summed E-state index contributed by atoms with van der Waals surface area (Å²) >= 11 is 1.36. The van der Waals surface area contributed by atoms with Gasteiger partial charge in [-0.15, -0.1) is 5.10 Å². The quantitative estimate of drug-likeness (QED) is 0.822. The van der Waals surface area contributed by atoms with Crippen LogP contribution in [-0.2, 0) is 18.0 Å². The standard InChI is InChI=1S/C11H15N3O2S/c1-2-5-12-11-10(13-14-17-11)8-15-7-9-4-3-6-16-9/h3-4,6,12H,2,5,7-8H2,1H3. The van der Waals surface area contributed by atoms with Gasteiger partial charge in [0, 0.05) is 18.1 Å². The lowest BCUT2D eigenvalue weighted by molar-refractivity contribution is 0.0909. The van der Waals surface area contributed by atoms with Crippen LogP contribution in [0.2, 0.25) is 0 Å². The number of anilines is 1. The molecule has 2 rings (SSSR count). The lowest BCUT2D eigenvalue weighted by Crippen LogP contribution is -2.02. The van der Waals surface area contributed by atoms with E-state index in [4.69, 9.17) is 9.15 Å². The van der Waals surface area contributed by atoms with Crippen molar-refractivity contribution in [2.75, 3.05) is 11.9 Å². The minimum atomic E-state index is 0.448. The van der Waals surface area contributed by atoms with Gasteiger partial charge >= 0.3 is 0 Å². The van der Waals surface area contributed by atoms with Gasteiger partial charge < -0.3 is 14.5 Å². The number of rotatable bonds is 7. The third-order valence-electron chi connectivity index (χ3n) is 2.15. The maximum atomic E-state index is 5.51. The van der Waals surface area contributed by atoms with E-state index >= 15 is 0 Å². The number of furan rings is 1. The largest absolute Gasteiger partial charge is 0.467 e. The van der Waals surface area contributed by atoms with Crippen LogP contribution in [0.3, 0.4) is 0 Å². The fourth-order valence-corrected chi connectivity index (χ4v) is 1.91. The van der Waals surface area contributed by atoms with Crippen molar-refractivity contribution in [2.45, 2.75) is 26.6 Å². The van der Waals surface area contributed by atoms with Crippen LogP contribution in [0.5, 0.6) is 0 Å². The monoisotopic (exact) mass is 253 g/mol. The van der Waals surface area contributed by atoms with Crippen molar-refractivity contribution < 1.29 is 9.15 Å². The molecular formula is C11H15N3O2S. The molecule has 0 aliphatic carbocycles. The second-order valence-corrected chi connectivity index (χ2v) is 4.30. The van der Waals surface area contributed by atoms with Crippen LogP contribution in [0.25, 0.3) is 0 Å². The Balaban J connectivity index is 1.80. The van der Waals surface area contributed by atoms with Gasteiger partial charge in [0.15, 0.2) is 0 Å². The Morgan fingerprint density at radius 3 is 3.18 bits per heavy atom. The number of aromatic nitrogens is 2. The highest BCUT2D eigenvalue weighted by Crippen LogP contribution is 2.18. The van der Waals surface area contributed by atoms with Gasteiger partial charge in [-0.3, -0.25) is 0 Å². The number of ether oxygens (including phenoxy) is 1. The molecule has 0 radical (unpaired) electrons. The van der Waals surface area contributed by atoms with E-state index < -0.39 is 0 Å². The first-order chi connectivity index (χ1) is 8.40. The highest BCUT2D eigenvalue weighted by atomic mass is 32.1. The van der Waals surface area contributed by atoms with Crippen LogP contribution in [0.15, 0.2) is 22.8 Å². The average Bonchev–Trinajstić information content (AvgIpc) is 2.98. The average molecular weight is 253 g/mol. The number of nitrogens with zero attached hydrogens (tertiary/aromatic N) is 2. The van der Waals surface area contributed by atoms with E-state index in [1.165, 1.54) is 11.5 Å². The molecule has 0 aliphatic heterocycles. The molecule has 0 saturated heterocycles. The van der Waals surface area contributed by atoms with E-state index in [-0.39, 0.29) is 0 Å². The van der Waals surface area contributed by atoms with Crippen LogP contribution in [0.4, 0.5) is 5.00 Å². The van der Waals surface area contributed by atoms with Crippen LogP contribution >= 0.6 is 11.5 Å². The first-order valence-electron chi connectivity index (χ1n) is 5.55. The van der Waals surface area contributed by atoms with E-state index in [9.17, 15) is 0 Å². The van der Waals surface area contributed by atoms with E-state index in [1.807, 2.05) is 12.1 Å². The molecule has 0 saturated carbocycles. The van der Waals surface area contributed by atoms with Gasteiger partial charge in [0.25, 0.3) is 0 Å². The Hall–Kier alpha value is -1.40. The zero-order valence-corrected chi connectivity index (χ0v) is 10.5. The van der Waals surface area contributed by atoms with Gasteiger partial charge in [0.1, 0.15) is 23.1 Å². The molecule has 2 heterocycles. The molecule has 2 aromatic heterocycles. The Morgan fingerprint density at radius 2 is 2.41 bits per heavy atom. The van der Waals surface area contributed by atoms with E-state index in [0.717, 1.165) is 29.4 Å². The van der Waals surface area contributed by atoms with Crippen LogP contribution in [-0.4, -0.2) is 16.1 Å². The highest BCUT2D eigenvalue weighted by Gasteiger charge is 2.07. The molecule has 92 valence electrons. The number of hydrogen-bond donors (Lipinski definition) is 1. The molecule has 0 amide bonds. The lowest BCUT2D eigenvalue weighted by atomic mass is 10.4. The Morgan fingerprint density at radius 1 is 1.47 bits per heavy atom. The van der Waals surface area contributed by atoms with Crippen molar-refractivity contribution in [3.63, 3.8) is 0 Å². The molecule has 1 N–H and O–H groups in total. The summed E-state index contributed by atoms with van der Waals surface area (Å²) in [5.41, 5.74) is 0.856. The van der Waals surface area contributed by atoms with Crippen molar-refractivity contribution in [3.05, 3.63) is 29.9 Å². The maximum absolute atomic E-state index is 5.51. The fraction of sp³-hybridized carbons (Fsp3) is 0.455. The fourth-order valence-electron chi connectivity index (χ4n) is 1.32. The van der Waals surface area contributed by atoms with Crippen LogP contribution in [0, 0.1) is 0 Å². The molecule has 0 unspecified atom stereocenters. The Kier molecular flexibility index (Phi) is 4.52. The van der Waals surface area contributed by atoms with Gasteiger partial charge in [-0.05, 0) is 18.6 Å². The minimum absolute atomic E-state index is 0.448. The van der Waals surface area contributed by atoms with Crippen LogP contribution < -0.4 is 5.32 Å².